The van der Waals surface area contributed by atoms with E-state index in [1.807, 2.05) is 30.5 Å². The molecule has 1 fully saturated rings. The van der Waals surface area contributed by atoms with Gasteiger partial charge in [-0.25, -0.2) is 19.5 Å². The first-order valence-corrected chi connectivity index (χ1v) is 12.7. The van der Waals surface area contributed by atoms with Crippen molar-refractivity contribution in [3.05, 3.63) is 60.8 Å². The molecular formula is C28H32N8O2. The van der Waals surface area contributed by atoms with Gasteiger partial charge in [-0.3, -0.25) is 0 Å². The van der Waals surface area contributed by atoms with Gasteiger partial charge in [-0.15, -0.1) is 0 Å². The molecule has 0 aromatic carbocycles. The molecule has 4 aromatic rings. The van der Waals surface area contributed by atoms with E-state index in [1.54, 1.807) is 43.2 Å². The fourth-order valence-corrected chi connectivity index (χ4v) is 5.02. The van der Waals surface area contributed by atoms with E-state index in [4.69, 9.17) is 9.72 Å². The summed E-state index contributed by atoms with van der Waals surface area (Å²) in [5, 5.41) is 27.6. The normalized spacial score (nSPS) is 19.8. The standard InChI is InChI=1S/C28H32N8O2/c1-18-14-35(15-19(2)25(18)34-27-30-8-5-9-31-27)24-7-6-20(12-32-24)23-10-22(38-17-28(3,4)37)16-36-26(23)21(11-29)13-33-36/h5-10,12-13,16,18-19,25,37H,14-15,17H2,1-4H3,(H,30,31,34)/t18-,19+,25?. The van der Waals surface area contributed by atoms with Crippen LogP contribution >= 0.6 is 0 Å². The summed E-state index contributed by atoms with van der Waals surface area (Å²) in [5.74, 6) is 2.83. The lowest BCUT2D eigenvalue weighted by Gasteiger charge is -2.42. The molecule has 1 aliphatic heterocycles. The maximum Gasteiger partial charge on any atom is 0.222 e. The predicted octanol–water partition coefficient (Wildman–Crippen LogP) is 3.78. The van der Waals surface area contributed by atoms with E-state index >= 15 is 0 Å². The van der Waals surface area contributed by atoms with Gasteiger partial charge < -0.3 is 20.1 Å². The second-order valence-electron chi connectivity index (χ2n) is 10.7. The van der Waals surface area contributed by atoms with Crippen molar-refractivity contribution in [1.82, 2.24) is 24.6 Å². The van der Waals surface area contributed by atoms with Gasteiger partial charge in [0.05, 0.1) is 29.1 Å². The molecule has 4 aromatic heterocycles. The number of aliphatic hydroxyl groups is 1. The number of nitriles is 1. The third-order valence-electron chi connectivity index (χ3n) is 6.79. The van der Waals surface area contributed by atoms with Crippen LogP contribution < -0.4 is 15.0 Å². The summed E-state index contributed by atoms with van der Waals surface area (Å²) in [4.78, 5) is 15.8. The van der Waals surface area contributed by atoms with Crippen LogP contribution in [0.5, 0.6) is 5.75 Å². The highest BCUT2D eigenvalue weighted by Crippen LogP contribution is 2.33. The fraction of sp³-hybridized carbons (Fsp3) is 0.393. The molecule has 5 rings (SSSR count). The topological polar surface area (TPSA) is 124 Å². The van der Waals surface area contributed by atoms with Crippen LogP contribution in [-0.4, -0.2) is 61.0 Å². The summed E-state index contributed by atoms with van der Waals surface area (Å²) in [7, 11) is 0. The molecule has 196 valence electrons. The first-order valence-electron chi connectivity index (χ1n) is 12.7. The van der Waals surface area contributed by atoms with Crippen molar-refractivity contribution < 1.29 is 9.84 Å². The molecule has 38 heavy (non-hydrogen) atoms. The Morgan fingerprint density at radius 1 is 1.13 bits per heavy atom. The molecule has 10 nitrogen and oxygen atoms in total. The number of nitrogens with zero attached hydrogens (tertiary/aromatic N) is 7. The zero-order valence-electron chi connectivity index (χ0n) is 22.0. The summed E-state index contributed by atoms with van der Waals surface area (Å²) in [5.41, 5.74) is 1.82. The molecule has 1 saturated heterocycles. The molecule has 0 aliphatic carbocycles. The highest BCUT2D eigenvalue weighted by atomic mass is 16.5. The summed E-state index contributed by atoms with van der Waals surface area (Å²) >= 11 is 0. The SMILES string of the molecule is C[C@@H]1CN(c2ccc(-c3cc(OCC(C)(C)O)cn4ncc(C#N)c34)cn2)C[C@H](C)C1Nc1ncccn1. The minimum Gasteiger partial charge on any atom is -0.489 e. The summed E-state index contributed by atoms with van der Waals surface area (Å²) in [6.45, 7) is 9.67. The Bertz CT molecular complexity index is 1430. The largest absolute Gasteiger partial charge is 0.489 e. The number of fused-ring (bicyclic) bond motifs is 1. The van der Waals surface area contributed by atoms with Gasteiger partial charge in [0.25, 0.3) is 0 Å². The van der Waals surface area contributed by atoms with E-state index in [1.165, 1.54) is 0 Å². The highest BCUT2D eigenvalue weighted by Gasteiger charge is 2.33. The van der Waals surface area contributed by atoms with Crippen LogP contribution in [0.4, 0.5) is 11.8 Å². The van der Waals surface area contributed by atoms with Gasteiger partial charge in [0.1, 0.15) is 24.2 Å². The zero-order valence-corrected chi connectivity index (χ0v) is 22.0. The first-order chi connectivity index (χ1) is 18.2. The summed E-state index contributed by atoms with van der Waals surface area (Å²) in [6.07, 6.45) is 8.59. The van der Waals surface area contributed by atoms with Crippen LogP contribution in [0.1, 0.15) is 33.3 Å². The van der Waals surface area contributed by atoms with Crippen LogP contribution in [0, 0.1) is 23.2 Å². The second-order valence-corrected chi connectivity index (χ2v) is 10.7. The Morgan fingerprint density at radius 3 is 2.50 bits per heavy atom. The molecule has 3 atom stereocenters. The smallest absolute Gasteiger partial charge is 0.222 e. The number of anilines is 2. The lowest BCUT2D eigenvalue weighted by Crippen LogP contribution is -2.51. The van der Waals surface area contributed by atoms with Gasteiger partial charge in [-0.2, -0.15) is 10.4 Å². The number of piperidine rings is 1. The van der Waals surface area contributed by atoms with Gasteiger partial charge >= 0.3 is 0 Å². The van der Waals surface area contributed by atoms with Crippen molar-refractivity contribution in [2.75, 3.05) is 29.9 Å². The van der Waals surface area contributed by atoms with Crippen LogP contribution in [0.15, 0.2) is 55.2 Å². The molecule has 0 spiro atoms. The molecule has 1 unspecified atom stereocenters. The van der Waals surface area contributed by atoms with Crippen molar-refractivity contribution in [1.29, 1.82) is 5.26 Å². The lowest BCUT2D eigenvalue weighted by atomic mass is 9.86. The van der Waals surface area contributed by atoms with E-state index in [9.17, 15) is 10.4 Å². The molecule has 0 radical (unpaired) electrons. The number of hydrogen-bond acceptors (Lipinski definition) is 9. The van der Waals surface area contributed by atoms with Crippen LogP contribution in [0.25, 0.3) is 16.6 Å². The van der Waals surface area contributed by atoms with Gasteiger partial charge in [0, 0.05) is 48.8 Å². The number of aromatic nitrogens is 5. The average molecular weight is 513 g/mol. The molecular weight excluding hydrogens is 480 g/mol. The van der Waals surface area contributed by atoms with E-state index in [0.717, 1.165) is 30.0 Å². The van der Waals surface area contributed by atoms with E-state index in [-0.39, 0.29) is 12.6 Å². The molecule has 1 aliphatic rings. The van der Waals surface area contributed by atoms with Gasteiger partial charge in [-0.1, -0.05) is 13.8 Å². The van der Waals surface area contributed by atoms with E-state index in [0.29, 0.717) is 34.6 Å². The molecule has 0 saturated carbocycles. The predicted molar refractivity (Wildman–Crippen MR) is 145 cm³/mol. The number of pyridine rings is 2. The van der Waals surface area contributed by atoms with Gasteiger partial charge in [0.2, 0.25) is 5.95 Å². The third-order valence-corrected chi connectivity index (χ3v) is 6.79. The second kappa shape index (κ2) is 10.3. The average Bonchev–Trinajstić information content (AvgIpc) is 3.32. The van der Waals surface area contributed by atoms with Crippen LogP contribution in [0.3, 0.4) is 0 Å². The number of hydrogen-bond donors (Lipinski definition) is 2. The summed E-state index contributed by atoms with van der Waals surface area (Å²) in [6, 6.07) is 10.2. The minimum absolute atomic E-state index is 0.124. The Kier molecular flexibility index (Phi) is 6.87. The van der Waals surface area contributed by atoms with Crippen molar-refractivity contribution >= 4 is 17.3 Å². The maximum absolute atomic E-state index is 10.1. The monoisotopic (exact) mass is 512 g/mol. The molecule has 5 heterocycles. The van der Waals surface area contributed by atoms with Crippen molar-refractivity contribution in [2.24, 2.45) is 11.8 Å². The molecule has 10 heteroatoms. The highest BCUT2D eigenvalue weighted by molar-refractivity contribution is 5.85. The number of rotatable bonds is 7. The minimum atomic E-state index is -0.981. The molecule has 0 bridgehead atoms. The number of ether oxygens (including phenoxy) is 1. The molecule has 2 N–H and O–H groups in total. The van der Waals surface area contributed by atoms with Crippen molar-refractivity contribution in [3.63, 3.8) is 0 Å². The van der Waals surface area contributed by atoms with Crippen LogP contribution in [-0.2, 0) is 0 Å². The van der Waals surface area contributed by atoms with Gasteiger partial charge in [-0.05, 0) is 49.9 Å². The van der Waals surface area contributed by atoms with E-state index in [2.05, 4.69) is 45.2 Å². The summed E-state index contributed by atoms with van der Waals surface area (Å²) < 4.78 is 7.48. The maximum atomic E-state index is 10.1. The van der Waals surface area contributed by atoms with E-state index < -0.39 is 5.60 Å². The third kappa shape index (κ3) is 5.38. The Labute approximate surface area is 221 Å². The first kappa shape index (κ1) is 25.4. The van der Waals surface area contributed by atoms with Crippen LogP contribution in [0.2, 0.25) is 0 Å². The van der Waals surface area contributed by atoms with Crippen molar-refractivity contribution in [2.45, 2.75) is 39.3 Å². The van der Waals surface area contributed by atoms with Crippen molar-refractivity contribution in [3.8, 4) is 22.9 Å². The Hall–Kier alpha value is -4.23. The Balaban J connectivity index is 1.38. The lowest BCUT2D eigenvalue weighted by molar-refractivity contribution is 0.0283. The Morgan fingerprint density at radius 2 is 1.87 bits per heavy atom. The zero-order chi connectivity index (χ0) is 26.9. The van der Waals surface area contributed by atoms with Gasteiger partial charge in [0.15, 0.2) is 0 Å². The number of nitrogens with one attached hydrogen (secondary N) is 1. The molecule has 0 amide bonds. The fourth-order valence-electron chi connectivity index (χ4n) is 5.02. The quantitative estimate of drug-likeness (QED) is 0.381.